The third kappa shape index (κ3) is 3.01. The second-order valence-electron chi connectivity index (χ2n) is 7.12. The van der Waals surface area contributed by atoms with Crippen molar-refractivity contribution in [2.75, 3.05) is 25.6 Å². The number of rotatable bonds is 4. The van der Waals surface area contributed by atoms with E-state index in [2.05, 4.69) is 15.0 Å². The van der Waals surface area contributed by atoms with Crippen LogP contribution in [0.1, 0.15) is 20.1 Å². The number of phosphoric acid groups is 1. The predicted octanol–water partition coefficient (Wildman–Crippen LogP) is 0.997. The Morgan fingerprint density at radius 3 is 2.79 bits per heavy atom. The van der Waals surface area contributed by atoms with Crippen molar-refractivity contribution < 1.29 is 32.3 Å². The monoisotopic (exact) mass is 413 g/mol. The zero-order chi connectivity index (χ0) is 19.5. The number of nitrogens with zero attached hydrogens (tertiary/aromatic N) is 4. The van der Waals surface area contributed by atoms with Crippen LogP contribution in [0.25, 0.3) is 11.2 Å². The zero-order valence-corrected chi connectivity index (χ0v) is 16.2. The maximum Gasteiger partial charge on any atom is 0.475 e. The van der Waals surface area contributed by atoms with Gasteiger partial charge in [-0.25, -0.2) is 19.5 Å². The SMILES string of the molecule is CC1(C)O[C@@H]2[C@H](O1)[C@@H](COP1(=O)OCCO1)O[C@H]2n1cnc2c(N)ncnc21. The Labute approximate surface area is 159 Å². The highest BCUT2D eigenvalue weighted by Gasteiger charge is 2.56. The Hall–Kier alpha value is -1.66. The van der Waals surface area contributed by atoms with E-state index in [1.54, 1.807) is 10.9 Å². The maximum atomic E-state index is 12.3. The molecule has 2 aromatic heterocycles. The highest BCUT2D eigenvalue weighted by molar-refractivity contribution is 7.48. The van der Waals surface area contributed by atoms with E-state index in [1.165, 1.54) is 6.33 Å². The Bertz CT molecular complexity index is 942. The molecule has 0 saturated carbocycles. The van der Waals surface area contributed by atoms with E-state index >= 15 is 0 Å². The molecular formula is C15H20N5O7P. The fourth-order valence-corrected chi connectivity index (χ4v) is 4.80. The lowest BCUT2D eigenvalue weighted by molar-refractivity contribution is -0.199. The zero-order valence-electron chi connectivity index (χ0n) is 15.3. The van der Waals surface area contributed by atoms with Gasteiger partial charge < -0.3 is 19.9 Å². The Morgan fingerprint density at radius 1 is 1.25 bits per heavy atom. The molecule has 152 valence electrons. The van der Waals surface area contributed by atoms with Crippen LogP contribution in [0.15, 0.2) is 12.7 Å². The molecule has 0 amide bonds. The largest absolute Gasteiger partial charge is 0.475 e. The third-order valence-corrected chi connectivity index (χ3v) is 6.23. The maximum absolute atomic E-state index is 12.3. The van der Waals surface area contributed by atoms with Gasteiger partial charge in [-0.05, 0) is 13.8 Å². The molecule has 2 aromatic rings. The standard InChI is InChI=1S/C15H20N5O7P/c1-15(2)26-10-8(5-24-28(21)22-3-4-23-28)25-14(11(10)27-15)20-7-19-9-12(16)17-6-18-13(9)20/h6-8,10-11,14H,3-5H2,1-2H3,(H2,16,17,18)/t8-,10-,11-,14-/m1/s1. The van der Waals surface area contributed by atoms with E-state index in [1.807, 2.05) is 13.8 Å². The molecule has 3 fully saturated rings. The molecule has 12 nitrogen and oxygen atoms in total. The molecule has 0 aliphatic carbocycles. The van der Waals surface area contributed by atoms with Crippen molar-refractivity contribution >= 4 is 24.8 Å². The first-order valence-corrected chi connectivity index (χ1v) is 10.3. The van der Waals surface area contributed by atoms with Crippen molar-refractivity contribution in [3.63, 3.8) is 0 Å². The van der Waals surface area contributed by atoms with E-state index in [0.717, 1.165) is 0 Å². The van der Waals surface area contributed by atoms with Gasteiger partial charge in [0.25, 0.3) is 0 Å². The van der Waals surface area contributed by atoms with Gasteiger partial charge in [-0.1, -0.05) is 0 Å². The van der Waals surface area contributed by atoms with Crippen LogP contribution >= 0.6 is 7.82 Å². The first kappa shape index (κ1) is 18.4. The molecule has 0 unspecified atom stereocenters. The Kier molecular flexibility index (Phi) is 4.22. The van der Waals surface area contributed by atoms with Gasteiger partial charge >= 0.3 is 7.82 Å². The van der Waals surface area contributed by atoms with Crippen LogP contribution in [-0.2, 0) is 32.3 Å². The molecule has 13 heteroatoms. The number of nitrogens with two attached hydrogens (primary N) is 1. The second-order valence-corrected chi connectivity index (χ2v) is 8.79. The Morgan fingerprint density at radius 2 is 2.00 bits per heavy atom. The van der Waals surface area contributed by atoms with E-state index in [4.69, 9.17) is 33.5 Å². The van der Waals surface area contributed by atoms with Gasteiger partial charge in [-0.2, -0.15) is 0 Å². The van der Waals surface area contributed by atoms with Crippen LogP contribution in [0.3, 0.4) is 0 Å². The van der Waals surface area contributed by atoms with E-state index in [9.17, 15) is 4.57 Å². The number of imidazole rings is 1. The number of ether oxygens (including phenoxy) is 3. The molecule has 0 bridgehead atoms. The minimum atomic E-state index is -3.55. The average Bonchev–Trinajstić information content (AvgIpc) is 3.37. The van der Waals surface area contributed by atoms with Crippen LogP contribution < -0.4 is 5.73 Å². The molecule has 5 heterocycles. The summed E-state index contributed by atoms with van der Waals surface area (Å²) in [5.74, 6) is -0.541. The van der Waals surface area contributed by atoms with Gasteiger partial charge in [0.05, 0.1) is 26.1 Å². The van der Waals surface area contributed by atoms with Crippen LogP contribution in [0.4, 0.5) is 5.82 Å². The van der Waals surface area contributed by atoms with Crippen molar-refractivity contribution in [3.05, 3.63) is 12.7 Å². The van der Waals surface area contributed by atoms with Crippen molar-refractivity contribution in [3.8, 4) is 0 Å². The number of anilines is 1. The summed E-state index contributed by atoms with van der Waals surface area (Å²) in [6.45, 7) is 4.05. The van der Waals surface area contributed by atoms with E-state index in [-0.39, 0.29) is 25.6 Å². The molecule has 28 heavy (non-hydrogen) atoms. The van der Waals surface area contributed by atoms with Crippen LogP contribution in [-0.4, -0.2) is 63.4 Å². The predicted molar refractivity (Wildman–Crippen MR) is 92.9 cm³/mol. The van der Waals surface area contributed by atoms with Crippen LogP contribution in [0.2, 0.25) is 0 Å². The second kappa shape index (κ2) is 6.42. The summed E-state index contributed by atoms with van der Waals surface area (Å²) >= 11 is 0. The topological polar surface area (TPSA) is 142 Å². The summed E-state index contributed by atoms with van der Waals surface area (Å²) < 4.78 is 47.7. The number of hydrogen-bond donors (Lipinski definition) is 1. The van der Waals surface area contributed by atoms with Crippen molar-refractivity contribution in [2.24, 2.45) is 0 Å². The minimum Gasteiger partial charge on any atom is -0.382 e. The summed E-state index contributed by atoms with van der Waals surface area (Å²) in [6.07, 6.45) is 0.868. The third-order valence-electron chi connectivity index (χ3n) is 4.77. The number of nitrogen functional groups attached to an aromatic ring is 1. The lowest BCUT2D eigenvalue weighted by atomic mass is 10.1. The molecule has 0 radical (unpaired) electrons. The summed E-state index contributed by atoms with van der Waals surface area (Å²) in [4.78, 5) is 12.5. The first-order valence-electron chi connectivity index (χ1n) is 8.83. The molecule has 0 spiro atoms. The van der Waals surface area contributed by atoms with Gasteiger partial charge in [0, 0.05) is 0 Å². The molecule has 5 rings (SSSR count). The normalized spacial score (nSPS) is 33.5. The molecule has 2 N–H and O–H groups in total. The highest BCUT2D eigenvalue weighted by atomic mass is 31.2. The quantitative estimate of drug-likeness (QED) is 0.717. The first-order chi connectivity index (χ1) is 13.4. The number of phosphoric ester groups is 1. The molecule has 3 aliphatic rings. The number of fused-ring (bicyclic) bond motifs is 2. The van der Waals surface area contributed by atoms with Gasteiger partial charge in [0.15, 0.2) is 23.5 Å². The lowest BCUT2D eigenvalue weighted by Crippen LogP contribution is -2.32. The molecule has 3 saturated heterocycles. The summed E-state index contributed by atoms with van der Waals surface area (Å²) in [5, 5.41) is 0. The van der Waals surface area contributed by atoms with Crippen LogP contribution in [0.5, 0.6) is 0 Å². The minimum absolute atomic E-state index is 0.0435. The average molecular weight is 413 g/mol. The summed E-state index contributed by atoms with van der Waals surface area (Å²) in [7, 11) is -3.55. The lowest BCUT2D eigenvalue weighted by Gasteiger charge is -2.25. The van der Waals surface area contributed by atoms with E-state index in [0.29, 0.717) is 11.2 Å². The van der Waals surface area contributed by atoms with E-state index < -0.39 is 38.1 Å². The van der Waals surface area contributed by atoms with Crippen molar-refractivity contribution in [1.29, 1.82) is 0 Å². The molecule has 4 atom stereocenters. The molecule has 0 aromatic carbocycles. The van der Waals surface area contributed by atoms with Gasteiger partial charge in [-0.3, -0.25) is 18.1 Å². The molecule has 3 aliphatic heterocycles. The number of aromatic nitrogens is 4. The molecular weight excluding hydrogens is 393 g/mol. The highest BCUT2D eigenvalue weighted by Crippen LogP contribution is 2.54. The fraction of sp³-hybridized carbons (Fsp3) is 0.667. The van der Waals surface area contributed by atoms with Crippen molar-refractivity contribution in [1.82, 2.24) is 19.5 Å². The number of hydrogen-bond acceptors (Lipinski definition) is 11. The summed E-state index contributed by atoms with van der Waals surface area (Å²) in [5.41, 5.74) is 6.86. The van der Waals surface area contributed by atoms with Gasteiger partial charge in [0.1, 0.15) is 30.2 Å². The Balaban J connectivity index is 1.43. The fourth-order valence-electron chi connectivity index (χ4n) is 3.65. The van der Waals surface area contributed by atoms with Crippen LogP contribution in [0, 0.1) is 0 Å². The summed E-state index contributed by atoms with van der Waals surface area (Å²) in [6, 6.07) is 0. The van der Waals surface area contributed by atoms with Gasteiger partial charge in [0.2, 0.25) is 0 Å². The van der Waals surface area contributed by atoms with Gasteiger partial charge in [-0.15, -0.1) is 0 Å². The van der Waals surface area contributed by atoms with Crippen molar-refractivity contribution in [2.45, 2.75) is 44.2 Å². The smallest absolute Gasteiger partial charge is 0.382 e.